The summed E-state index contributed by atoms with van der Waals surface area (Å²) in [4.78, 5) is 0. The van der Waals surface area contributed by atoms with E-state index in [2.05, 4.69) is 32.2 Å². The van der Waals surface area contributed by atoms with E-state index in [1.165, 1.54) is 25.3 Å². The first-order valence-electron chi connectivity index (χ1n) is 7.85. The van der Waals surface area contributed by atoms with Gasteiger partial charge in [-0.2, -0.15) is 0 Å². The third kappa shape index (κ3) is 3.22. The number of nitrogens with one attached hydrogen (secondary N) is 1. The Morgan fingerprint density at radius 2 is 1.95 bits per heavy atom. The predicted octanol–water partition coefficient (Wildman–Crippen LogP) is 4.17. The highest BCUT2D eigenvalue weighted by atomic mass is 19.1. The third-order valence-electron chi connectivity index (χ3n) is 4.92. The van der Waals surface area contributed by atoms with Crippen LogP contribution in [0.1, 0.15) is 45.6 Å². The fraction of sp³-hybridized carbons (Fsp3) is 0.667. The van der Waals surface area contributed by atoms with Gasteiger partial charge in [0, 0.05) is 12.1 Å². The monoisotopic (exact) mass is 275 g/mol. The Labute approximate surface area is 122 Å². The zero-order valence-electron chi connectivity index (χ0n) is 12.9. The van der Waals surface area contributed by atoms with Gasteiger partial charge < -0.3 is 5.32 Å². The number of rotatable bonds is 4. The van der Waals surface area contributed by atoms with Crippen LogP contribution in [0.15, 0.2) is 24.3 Å². The maximum Gasteiger partial charge on any atom is 0.123 e. The lowest BCUT2D eigenvalue weighted by molar-refractivity contribution is 0.222. The van der Waals surface area contributed by atoms with E-state index in [-0.39, 0.29) is 11.4 Å². The normalized spacial score (nSPS) is 32.2. The fourth-order valence-corrected chi connectivity index (χ4v) is 3.89. The van der Waals surface area contributed by atoms with E-state index in [1.54, 1.807) is 6.07 Å². The van der Waals surface area contributed by atoms with Crippen LogP contribution in [0, 0.1) is 23.1 Å². The molecule has 2 unspecified atom stereocenters. The second-order valence-corrected chi connectivity index (χ2v) is 8.07. The van der Waals surface area contributed by atoms with Gasteiger partial charge in [0.1, 0.15) is 5.82 Å². The summed E-state index contributed by atoms with van der Waals surface area (Å²) in [6.07, 6.45) is 5.08. The van der Waals surface area contributed by atoms with E-state index in [9.17, 15) is 4.39 Å². The summed E-state index contributed by atoms with van der Waals surface area (Å²) in [6.45, 7) is 7.72. The highest BCUT2D eigenvalue weighted by Gasteiger charge is 2.53. The summed E-state index contributed by atoms with van der Waals surface area (Å²) in [6, 6.07) is 7.16. The van der Waals surface area contributed by atoms with Crippen LogP contribution in [0.4, 0.5) is 4.39 Å². The zero-order chi connectivity index (χ0) is 14.4. The summed E-state index contributed by atoms with van der Waals surface area (Å²) in [5, 5.41) is 3.69. The van der Waals surface area contributed by atoms with Gasteiger partial charge in [-0.3, -0.25) is 0 Å². The minimum absolute atomic E-state index is 0.107. The summed E-state index contributed by atoms with van der Waals surface area (Å²) in [5.41, 5.74) is 1.65. The van der Waals surface area contributed by atoms with Crippen molar-refractivity contribution in [3.8, 4) is 0 Å². The average molecular weight is 275 g/mol. The van der Waals surface area contributed by atoms with Crippen molar-refractivity contribution in [1.82, 2.24) is 5.32 Å². The molecule has 0 aromatic heterocycles. The van der Waals surface area contributed by atoms with Gasteiger partial charge >= 0.3 is 0 Å². The largest absolute Gasteiger partial charge is 0.312 e. The van der Waals surface area contributed by atoms with Crippen LogP contribution < -0.4 is 5.32 Å². The molecule has 110 valence electrons. The lowest BCUT2D eigenvalue weighted by Gasteiger charge is -2.35. The molecule has 2 fully saturated rings. The Balaban J connectivity index is 1.73. The van der Waals surface area contributed by atoms with Gasteiger partial charge in [-0.25, -0.2) is 4.39 Å². The van der Waals surface area contributed by atoms with Gasteiger partial charge in [-0.15, -0.1) is 0 Å². The number of benzene rings is 1. The van der Waals surface area contributed by atoms with Crippen molar-refractivity contribution >= 4 is 0 Å². The molecule has 1 N–H and O–H groups in total. The molecule has 0 radical (unpaired) electrons. The Bertz CT molecular complexity index is 478. The van der Waals surface area contributed by atoms with Gasteiger partial charge in [0.2, 0.25) is 0 Å². The van der Waals surface area contributed by atoms with Crippen LogP contribution >= 0.6 is 0 Å². The van der Waals surface area contributed by atoms with Gasteiger partial charge in [0.05, 0.1) is 0 Å². The average Bonchev–Trinajstić information content (AvgIpc) is 2.95. The highest BCUT2D eigenvalue weighted by Crippen LogP contribution is 2.60. The van der Waals surface area contributed by atoms with E-state index >= 15 is 0 Å². The van der Waals surface area contributed by atoms with E-state index < -0.39 is 0 Å². The molecule has 2 saturated carbocycles. The number of hydrogen-bond acceptors (Lipinski definition) is 1. The molecular formula is C18H26FN. The van der Waals surface area contributed by atoms with Gasteiger partial charge in [-0.1, -0.05) is 12.1 Å². The molecule has 2 atom stereocenters. The standard InChI is InChI=1S/C18H26FN/c1-17(2,3)20-12-18(10-14-8-15(14)11-18)9-13-5-4-6-16(19)7-13/h4-7,14-15,20H,8-12H2,1-3H3. The van der Waals surface area contributed by atoms with Crippen molar-refractivity contribution in [2.45, 2.75) is 52.0 Å². The van der Waals surface area contributed by atoms with Crippen molar-refractivity contribution in [3.63, 3.8) is 0 Å². The van der Waals surface area contributed by atoms with Crippen LogP contribution in [0.25, 0.3) is 0 Å². The first-order chi connectivity index (χ1) is 9.35. The molecule has 1 aromatic rings. The summed E-state index contributed by atoms with van der Waals surface area (Å²) in [7, 11) is 0. The van der Waals surface area contributed by atoms with Crippen molar-refractivity contribution in [1.29, 1.82) is 0 Å². The Morgan fingerprint density at radius 1 is 1.25 bits per heavy atom. The Hall–Kier alpha value is -0.890. The first kappa shape index (κ1) is 14.1. The van der Waals surface area contributed by atoms with Crippen LogP contribution in [0.3, 0.4) is 0 Å². The van der Waals surface area contributed by atoms with E-state index in [1.807, 2.05) is 6.07 Å². The zero-order valence-corrected chi connectivity index (χ0v) is 12.9. The van der Waals surface area contributed by atoms with E-state index in [4.69, 9.17) is 0 Å². The molecule has 2 heteroatoms. The lowest BCUT2D eigenvalue weighted by atomic mass is 9.77. The Morgan fingerprint density at radius 3 is 2.55 bits per heavy atom. The van der Waals surface area contributed by atoms with Gasteiger partial charge in [0.15, 0.2) is 0 Å². The minimum atomic E-state index is -0.107. The van der Waals surface area contributed by atoms with Gasteiger partial charge in [0.25, 0.3) is 0 Å². The quantitative estimate of drug-likeness (QED) is 0.869. The SMILES string of the molecule is CC(C)(C)NCC1(Cc2cccc(F)c2)CC2CC2C1. The van der Waals surface area contributed by atoms with Crippen LogP contribution in [-0.2, 0) is 6.42 Å². The third-order valence-corrected chi connectivity index (χ3v) is 4.92. The summed E-state index contributed by atoms with van der Waals surface area (Å²) in [5.74, 6) is 1.79. The molecule has 20 heavy (non-hydrogen) atoms. The summed E-state index contributed by atoms with van der Waals surface area (Å²) >= 11 is 0. The topological polar surface area (TPSA) is 12.0 Å². The predicted molar refractivity (Wildman–Crippen MR) is 81.1 cm³/mol. The second-order valence-electron chi connectivity index (χ2n) is 8.07. The minimum Gasteiger partial charge on any atom is -0.312 e. The lowest BCUT2D eigenvalue weighted by Crippen LogP contribution is -2.44. The van der Waals surface area contributed by atoms with Crippen molar-refractivity contribution < 1.29 is 4.39 Å². The second kappa shape index (κ2) is 4.84. The van der Waals surface area contributed by atoms with Crippen LogP contribution in [0.5, 0.6) is 0 Å². The number of hydrogen-bond donors (Lipinski definition) is 1. The molecule has 0 amide bonds. The molecule has 0 spiro atoms. The highest BCUT2D eigenvalue weighted by molar-refractivity contribution is 5.20. The molecule has 0 heterocycles. The maximum absolute atomic E-state index is 13.4. The number of fused-ring (bicyclic) bond motifs is 1. The van der Waals surface area contributed by atoms with Crippen LogP contribution in [0.2, 0.25) is 0 Å². The van der Waals surface area contributed by atoms with Crippen LogP contribution in [-0.4, -0.2) is 12.1 Å². The molecular weight excluding hydrogens is 249 g/mol. The van der Waals surface area contributed by atoms with E-state index in [0.29, 0.717) is 5.41 Å². The molecule has 1 nitrogen and oxygen atoms in total. The molecule has 2 aliphatic carbocycles. The van der Waals surface area contributed by atoms with E-state index in [0.717, 1.165) is 30.4 Å². The van der Waals surface area contributed by atoms with Crippen molar-refractivity contribution in [2.24, 2.45) is 17.3 Å². The fourth-order valence-electron chi connectivity index (χ4n) is 3.89. The molecule has 1 aromatic carbocycles. The number of halogens is 1. The molecule has 0 bridgehead atoms. The summed E-state index contributed by atoms with van der Waals surface area (Å²) < 4.78 is 13.4. The molecule has 2 aliphatic rings. The Kier molecular flexibility index (Phi) is 3.40. The van der Waals surface area contributed by atoms with Crippen molar-refractivity contribution in [3.05, 3.63) is 35.6 Å². The smallest absolute Gasteiger partial charge is 0.123 e. The van der Waals surface area contributed by atoms with Crippen molar-refractivity contribution in [2.75, 3.05) is 6.54 Å². The first-order valence-corrected chi connectivity index (χ1v) is 7.85. The maximum atomic E-state index is 13.4. The van der Waals surface area contributed by atoms with Gasteiger partial charge in [-0.05, 0) is 81.4 Å². The molecule has 0 saturated heterocycles. The molecule has 3 rings (SSSR count). The molecule has 0 aliphatic heterocycles.